The minimum atomic E-state index is -0.0695. The summed E-state index contributed by atoms with van der Waals surface area (Å²) in [4.78, 5) is 16.3. The van der Waals surface area contributed by atoms with E-state index in [9.17, 15) is 4.79 Å². The van der Waals surface area contributed by atoms with Crippen molar-refractivity contribution in [2.75, 3.05) is 5.32 Å². The van der Waals surface area contributed by atoms with Gasteiger partial charge in [-0.15, -0.1) is 0 Å². The zero-order valence-electron chi connectivity index (χ0n) is 12.4. The van der Waals surface area contributed by atoms with Crippen molar-refractivity contribution < 1.29 is 9.32 Å². The first kappa shape index (κ1) is 16.1. The Kier molecular flexibility index (Phi) is 5.06. The van der Waals surface area contributed by atoms with E-state index in [4.69, 9.17) is 4.52 Å². The number of anilines is 1. The second kappa shape index (κ2) is 7.22. The quantitative estimate of drug-likeness (QED) is 0.603. The molecule has 2 aromatic heterocycles. The van der Waals surface area contributed by atoms with Gasteiger partial charge in [0.15, 0.2) is 0 Å². The van der Waals surface area contributed by atoms with Gasteiger partial charge in [-0.05, 0) is 58.7 Å². The lowest BCUT2D eigenvalue weighted by Crippen LogP contribution is -2.12. The van der Waals surface area contributed by atoms with E-state index in [1.807, 2.05) is 41.9 Å². The van der Waals surface area contributed by atoms with Crippen molar-refractivity contribution in [3.8, 4) is 11.4 Å². The maximum Gasteiger partial charge on any atom is 0.227 e. The molecule has 0 saturated carbocycles. The molecular formula is C16H14IN3O2S. The standard InChI is InChI=1S/C16H14IN3O2S/c1-10-2-3-12(8-13(10)17)18-14(21)4-5-15-19-16(20-22-15)11-6-7-23-9-11/h2-3,6-9H,4-5H2,1H3,(H,18,21). The first-order chi connectivity index (χ1) is 11.1. The predicted molar refractivity (Wildman–Crippen MR) is 98.5 cm³/mol. The Morgan fingerprint density at radius 1 is 1.39 bits per heavy atom. The van der Waals surface area contributed by atoms with E-state index >= 15 is 0 Å². The van der Waals surface area contributed by atoms with E-state index < -0.39 is 0 Å². The highest BCUT2D eigenvalue weighted by molar-refractivity contribution is 14.1. The van der Waals surface area contributed by atoms with Crippen LogP contribution in [0.2, 0.25) is 0 Å². The molecule has 0 aliphatic rings. The SMILES string of the molecule is Cc1ccc(NC(=O)CCc2nc(-c3ccsc3)no2)cc1I. The number of rotatable bonds is 5. The number of aromatic nitrogens is 2. The number of nitrogens with one attached hydrogen (secondary N) is 1. The van der Waals surface area contributed by atoms with E-state index in [1.54, 1.807) is 11.3 Å². The van der Waals surface area contributed by atoms with Crippen molar-refractivity contribution in [1.82, 2.24) is 10.1 Å². The van der Waals surface area contributed by atoms with Crippen LogP contribution >= 0.6 is 33.9 Å². The first-order valence-electron chi connectivity index (χ1n) is 7.03. The number of amides is 1. The second-order valence-electron chi connectivity index (χ2n) is 5.04. The number of aryl methyl sites for hydroxylation is 2. The van der Waals surface area contributed by atoms with Crippen LogP contribution in [0.3, 0.4) is 0 Å². The number of halogens is 1. The minimum absolute atomic E-state index is 0.0695. The molecule has 0 saturated heterocycles. The number of benzene rings is 1. The number of carbonyl (C=O) groups is 1. The molecule has 1 amide bonds. The zero-order chi connectivity index (χ0) is 16.2. The number of thiophene rings is 1. The predicted octanol–water partition coefficient (Wildman–Crippen LogP) is 4.28. The van der Waals surface area contributed by atoms with Crippen molar-refractivity contribution >= 4 is 45.5 Å². The van der Waals surface area contributed by atoms with Crippen molar-refractivity contribution in [2.24, 2.45) is 0 Å². The monoisotopic (exact) mass is 439 g/mol. The van der Waals surface area contributed by atoms with Gasteiger partial charge in [0, 0.05) is 33.0 Å². The third-order valence-electron chi connectivity index (χ3n) is 3.27. The summed E-state index contributed by atoms with van der Waals surface area (Å²) in [7, 11) is 0. The molecule has 3 rings (SSSR count). The third-order valence-corrected chi connectivity index (χ3v) is 5.11. The molecule has 1 N–H and O–H groups in total. The molecule has 0 unspecified atom stereocenters. The van der Waals surface area contributed by atoms with Crippen molar-refractivity contribution in [3.05, 3.63) is 50.0 Å². The van der Waals surface area contributed by atoms with Gasteiger partial charge in [-0.3, -0.25) is 4.79 Å². The van der Waals surface area contributed by atoms with Gasteiger partial charge in [0.05, 0.1) is 0 Å². The number of carbonyl (C=O) groups excluding carboxylic acids is 1. The fraction of sp³-hybridized carbons (Fsp3) is 0.188. The fourth-order valence-electron chi connectivity index (χ4n) is 1.98. The molecule has 118 valence electrons. The van der Waals surface area contributed by atoms with Crippen molar-refractivity contribution in [3.63, 3.8) is 0 Å². The highest BCUT2D eigenvalue weighted by atomic mass is 127. The smallest absolute Gasteiger partial charge is 0.227 e. The van der Waals surface area contributed by atoms with Crippen LogP contribution in [0, 0.1) is 10.5 Å². The maximum absolute atomic E-state index is 12.0. The summed E-state index contributed by atoms with van der Waals surface area (Å²) >= 11 is 3.83. The van der Waals surface area contributed by atoms with Crippen LogP contribution in [0.15, 0.2) is 39.5 Å². The molecule has 23 heavy (non-hydrogen) atoms. The Balaban J connectivity index is 1.55. The zero-order valence-corrected chi connectivity index (χ0v) is 15.3. The summed E-state index contributed by atoms with van der Waals surface area (Å²) in [6, 6.07) is 7.78. The summed E-state index contributed by atoms with van der Waals surface area (Å²) in [5, 5.41) is 10.7. The largest absolute Gasteiger partial charge is 0.339 e. The Bertz CT molecular complexity index is 815. The van der Waals surface area contributed by atoms with Crippen LogP contribution in [0.1, 0.15) is 17.9 Å². The van der Waals surface area contributed by atoms with Gasteiger partial charge in [-0.2, -0.15) is 16.3 Å². The number of nitrogens with zero attached hydrogens (tertiary/aromatic N) is 2. The molecule has 0 atom stereocenters. The molecule has 0 bridgehead atoms. The topological polar surface area (TPSA) is 68.0 Å². The van der Waals surface area contributed by atoms with Crippen LogP contribution in [0.4, 0.5) is 5.69 Å². The van der Waals surface area contributed by atoms with Crippen molar-refractivity contribution in [1.29, 1.82) is 0 Å². The molecule has 1 aromatic carbocycles. The summed E-state index contributed by atoms with van der Waals surface area (Å²) in [6.07, 6.45) is 0.724. The Morgan fingerprint density at radius 2 is 2.26 bits per heavy atom. The molecule has 0 radical (unpaired) electrons. The maximum atomic E-state index is 12.0. The van der Waals surface area contributed by atoms with Crippen LogP contribution in [0.25, 0.3) is 11.4 Å². The third kappa shape index (κ3) is 4.17. The first-order valence-corrected chi connectivity index (χ1v) is 9.05. The van der Waals surface area contributed by atoms with Gasteiger partial charge < -0.3 is 9.84 Å². The average molecular weight is 439 g/mol. The van der Waals surface area contributed by atoms with E-state index in [0.29, 0.717) is 24.6 Å². The molecule has 2 heterocycles. The van der Waals surface area contributed by atoms with Gasteiger partial charge in [0.25, 0.3) is 0 Å². The Hall–Kier alpha value is -1.74. The lowest BCUT2D eigenvalue weighted by molar-refractivity contribution is -0.116. The molecular weight excluding hydrogens is 425 g/mol. The van der Waals surface area contributed by atoms with E-state index in [2.05, 4.69) is 38.0 Å². The van der Waals surface area contributed by atoms with E-state index in [1.165, 1.54) is 5.56 Å². The molecule has 0 aliphatic heterocycles. The van der Waals surface area contributed by atoms with Crippen LogP contribution < -0.4 is 5.32 Å². The normalized spacial score (nSPS) is 10.7. The molecule has 0 aliphatic carbocycles. The molecule has 0 spiro atoms. The molecule has 0 fully saturated rings. The Morgan fingerprint density at radius 3 is 3.00 bits per heavy atom. The van der Waals surface area contributed by atoms with Crippen LogP contribution in [0.5, 0.6) is 0 Å². The number of hydrogen-bond acceptors (Lipinski definition) is 5. The number of hydrogen-bond donors (Lipinski definition) is 1. The van der Waals surface area contributed by atoms with Gasteiger partial charge >= 0.3 is 0 Å². The molecule has 5 nitrogen and oxygen atoms in total. The molecule has 7 heteroatoms. The van der Waals surface area contributed by atoms with E-state index in [-0.39, 0.29) is 5.91 Å². The summed E-state index contributed by atoms with van der Waals surface area (Å²) in [5.41, 5.74) is 2.92. The van der Waals surface area contributed by atoms with Crippen LogP contribution in [-0.2, 0) is 11.2 Å². The van der Waals surface area contributed by atoms with Crippen molar-refractivity contribution in [2.45, 2.75) is 19.8 Å². The average Bonchev–Trinajstić information content (AvgIpc) is 3.19. The molecule has 3 aromatic rings. The Labute approximate surface area is 151 Å². The lowest BCUT2D eigenvalue weighted by Gasteiger charge is -2.06. The summed E-state index contributed by atoms with van der Waals surface area (Å²) in [6.45, 7) is 2.04. The lowest BCUT2D eigenvalue weighted by atomic mass is 10.2. The minimum Gasteiger partial charge on any atom is -0.339 e. The highest BCUT2D eigenvalue weighted by Crippen LogP contribution is 2.20. The van der Waals surface area contributed by atoms with E-state index in [0.717, 1.165) is 14.8 Å². The van der Waals surface area contributed by atoms with Gasteiger partial charge in [-0.1, -0.05) is 11.2 Å². The second-order valence-corrected chi connectivity index (χ2v) is 6.98. The van der Waals surface area contributed by atoms with Crippen LogP contribution in [-0.4, -0.2) is 16.0 Å². The summed E-state index contributed by atoms with van der Waals surface area (Å²) in [5.74, 6) is 0.967. The van der Waals surface area contributed by atoms with Gasteiger partial charge in [0.2, 0.25) is 17.6 Å². The van der Waals surface area contributed by atoms with Gasteiger partial charge in [-0.25, -0.2) is 0 Å². The van der Waals surface area contributed by atoms with Gasteiger partial charge in [0.1, 0.15) is 0 Å². The fourth-order valence-corrected chi connectivity index (χ4v) is 3.13. The summed E-state index contributed by atoms with van der Waals surface area (Å²) < 4.78 is 6.31. The highest BCUT2D eigenvalue weighted by Gasteiger charge is 2.11.